The van der Waals surface area contributed by atoms with Crippen molar-refractivity contribution < 1.29 is 19.2 Å². The van der Waals surface area contributed by atoms with Crippen LogP contribution in [-0.2, 0) is 16.1 Å². The van der Waals surface area contributed by atoms with Gasteiger partial charge in [-0.3, -0.25) is 24.4 Å². The van der Waals surface area contributed by atoms with Gasteiger partial charge in [-0.25, -0.2) is 0 Å². The fraction of sp³-hybridized carbons (Fsp3) is 0.278. The Bertz CT molecular complexity index is 1070. The second-order valence-corrected chi connectivity index (χ2v) is 7.12. The molecule has 0 fully saturated rings. The van der Waals surface area contributed by atoms with Crippen LogP contribution < -0.4 is 0 Å². The first-order valence-electron chi connectivity index (χ1n) is 8.15. The van der Waals surface area contributed by atoms with E-state index < -0.39 is 10.9 Å². The van der Waals surface area contributed by atoms with Gasteiger partial charge in [0.1, 0.15) is 17.9 Å². The molecule has 0 N–H and O–H groups in total. The topological polar surface area (TPSA) is 104 Å². The van der Waals surface area contributed by atoms with Crippen LogP contribution in [0.5, 0.6) is 0 Å². The summed E-state index contributed by atoms with van der Waals surface area (Å²) in [5.74, 6) is -0.955. The van der Waals surface area contributed by atoms with Crippen LogP contribution in [0.25, 0.3) is 10.1 Å². The van der Waals surface area contributed by atoms with Crippen molar-refractivity contribution in [1.29, 1.82) is 0 Å². The van der Waals surface area contributed by atoms with Gasteiger partial charge in [-0.15, -0.1) is 11.3 Å². The average molecular weight is 387 g/mol. The number of carbonyl (C=O) groups is 2. The van der Waals surface area contributed by atoms with E-state index in [1.807, 2.05) is 31.2 Å². The van der Waals surface area contributed by atoms with E-state index in [-0.39, 0.29) is 36.0 Å². The largest absolute Gasteiger partial charge is 0.456 e. The van der Waals surface area contributed by atoms with Crippen LogP contribution in [0, 0.1) is 30.9 Å². The third kappa shape index (κ3) is 3.59. The van der Waals surface area contributed by atoms with Crippen molar-refractivity contribution in [1.82, 2.24) is 9.78 Å². The molecule has 3 aromatic rings. The van der Waals surface area contributed by atoms with Gasteiger partial charge in [0.05, 0.1) is 9.80 Å². The highest BCUT2D eigenvalue weighted by Gasteiger charge is 2.23. The second-order valence-electron chi connectivity index (χ2n) is 6.07. The first-order valence-corrected chi connectivity index (χ1v) is 8.96. The molecule has 2 aromatic heterocycles. The molecule has 27 heavy (non-hydrogen) atoms. The Hall–Kier alpha value is -3.07. The summed E-state index contributed by atoms with van der Waals surface area (Å²) in [6.07, 6.45) is 0. The van der Waals surface area contributed by atoms with Crippen LogP contribution in [0.15, 0.2) is 24.3 Å². The molecule has 0 spiro atoms. The molecule has 0 amide bonds. The lowest BCUT2D eigenvalue weighted by Crippen LogP contribution is -2.19. The van der Waals surface area contributed by atoms with Gasteiger partial charge in [0.15, 0.2) is 6.61 Å². The molecule has 9 heteroatoms. The maximum atomic E-state index is 12.4. The van der Waals surface area contributed by atoms with Crippen molar-refractivity contribution in [3.05, 3.63) is 56.2 Å². The molecule has 8 nitrogen and oxygen atoms in total. The number of nitro groups is 1. The van der Waals surface area contributed by atoms with Gasteiger partial charge in [0, 0.05) is 4.70 Å². The molecule has 0 bridgehead atoms. The molecule has 0 radical (unpaired) electrons. The van der Waals surface area contributed by atoms with Gasteiger partial charge in [0.25, 0.3) is 0 Å². The Morgan fingerprint density at radius 2 is 1.96 bits per heavy atom. The summed E-state index contributed by atoms with van der Waals surface area (Å²) in [6, 6.07) is 7.69. The molecule has 0 aliphatic carbocycles. The van der Waals surface area contributed by atoms with Gasteiger partial charge in [-0.05, 0) is 37.8 Å². The third-order valence-electron chi connectivity index (χ3n) is 4.27. The summed E-state index contributed by atoms with van der Waals surface area (Å²) < 4.78 is 7.28. The molecule has 0 aliphatic heterocycles. The van der Waals surface area contributed by atoms with Gasteiger partial charge in [0.2, 0.25) is 5.78 Å². The molecule has 0 aliphatic rings. The van der Waals surface area contributed by atoms with Gasteiger partial charge >= 0.3 is 11.7 Å². The zero-order valence-corrected chi connectivity index (χ0v) is 15.8. The van der Waals surface area contributed by atoms with Crippen LogP contribution in [0.1, 0.15) is 26.6 Å². The number of thiophene rings is 1. The number of Topliss-reactive ketones (excluding diaryl/α,β-unsaturated/α-hetero) is 1. The molecule has 3 rings (SSSR count). The minimum Gasteiger partial charge on any atom is -0.456 e. The maximum Gasteiger partial charge on any atom is 0.328 e. The highest BCUT2D eigenvalue weighted by molar-refractivity contribution is 7.21. The van der Waals surface area contributed by atoms with Crippen LogP contribution in [-0.4, -0.2) is 33.1 Å². The quantitative estimate of drug-likeness (QED) is 0.278. The van der Waals surface area contributed by atoms with E-state index >= 15 is 0 Å². The molecule has 0 unspecified atom stereocenters. The summed E-state index contributed by atoms with van der Waals surface area (Å²) in [7, 11) is 0. The molecule has 140 valence electrons. The lowest BCUT2D eigenvalue weighted by Gasteiger charge is -2.05. The van der Waals surface area contributed by atoms with Crippen LogP contribution >= 0.6 is 11.3 Å². The normalized spacial score (nSPS) is 10.9. The Morgan fingerprint density at radius 1 is 1.26 bits per heavy atom. The number of carbonyl (C=O) groups excluding carboxylic acids is 2. The van der Waals surface area contributed by atoms with Crippen LogP contribution in [0.2, 0.25) is 0 Å². The molecule has 1 aromatic carbocycles. The molecular weight excluding hydrogens is 370 g/mol. The van der Waals surface area contributed by atoms with Crippen LogP contribution in [0.3, 0.4) is 0 Å². The van der Waals surface area contributed by atoms with E-state index in [0.717, 1.165) is 15.6 Å². The predicted molar refractivity (Wildman–Crippen MR) is 100 cm³/mol. The van der Waals surface area contributed by atoms with E-state index in [1.165, 1.54) is 29.9 Å². The lowest BCUT2D eigenvalue weighted by atomic mass is 10.1. The number of rotatable bonds is 6. The molecule has 0 saturated heterocycles. The van der Waals surface area contributed by atoms with Crippen molar-refractivity contribution in [2.75, 3.05) is 6.61 Å². The summed E-state index contributed by atoms with van der Waals surface area (Å²) in [5, 5.41) is 16.0. The monoisotopic (exact) mass is 387 g/mol. The zero-order chi connectivity index (χ0) is 19.7. The zero-order valence-electron chi connectivity index (χ0n) is 15.0. The standard InChI is InChI=1S/C18H17N3O5S/c1-10-13-6-4-5-7-15(13)27-18(10)14(22)9-26-16(23)8-20-12(3)17(21(24)25)11(2)19-20/h4-7H,8-9H2,1-3H3. The Kier molecular flexibility index (Phi) is 5.04. The summed E-state index contributed by atoms with van der Waals surface area (Å²) in [5.41, 5.74) is 1.23. The molecular formula is C18H17N3O5S. The van der Waals surface area contributed by atoms with Gasteiger partial charge < -0.3 is 4.74 Å². The number of ether oxygens (including phenoxy) is 1. The van der Waals surface area contributed by atoms with Crippen molar-refractivity contribution in [2.45, 2.75) is 27.3 Å². The smallest absolute Gasteiger partial charge is 0.328 e. The molecule has 0 saturated carbocycles. The maximum absolute atomic E-state index is 12.4. The minimum absolute atomic E-state index is 0.125. The molecule has 0 atom stereocenters. The number of benzene rings is 1. The second kappa shape index (κ2) is 7.28. The van der Waals surface area contributed by atoms with Gasteiger partial charge in [-0.1, -0.05) is 18.2 Å². The van der Waals surface area contributed by atoms with E-state index in [9.17, 15) is 19.7 Å². The summed E-state index contributed by atoms with van der Waals surface area (Å²) in [4.78, 5) is 35.5. The van der Waals surface area contributed by atoms with E-state index in [4.69, 9.17) is 4.74 Å². The fourth-order valence-corrected chi connectivity index (χ4v) is 4.06. The van der Waals surface area contributed by atoms with Gasteiger partial charge in [-0.2, -0.15) is 5.10 Å². The fourth-order valence-electron chi connectivity index (χ4n) is 2.93. The summed E-state index contributed by atoms with van der Waals surface area (Å²) in [6.45, 7) is 4.20. The number of ketones is 1. The Morgan fingerprint density at radius 3 is 2.59 bits per heavy atom. The van der Waals surface area contributed by atoms with Crippen molar-refractivity contribution >= 4 is 38.9 Å². The summed E-state index contributed by atoms with van der Waals surface area (Å²) >= 11 is 1.37. The lowest BCUT2D eigenvalue weighted by molar-refractivity contribution is -0.386. The SMILES string of the molecule is Cc1nn(CC(=O)OCC(=O)c2sc3ccccc3c2C)c(C)c1[N+](=O)[O-]. The van der Waals surface area contributed by atoms with E-state index in [2.05, 4.69) is 5.10 Å². The van der Waals surface area contributed by atoms with Crippen LogP contribution in [0.4, 0.5) is 5.69 Å². The number of aryl methyl sites for hydroxylation is 2. The first-order chi connectivity index (χ1) is 12.8. The average Bonchev–Trinajstić information content (AvgIpc) is 3.10. The number of fused-ring (bicyclic) bond motifs is 1. The van der Waals surface area contributed by atoms with Crippen molar-refractivity contribution in [3.8, 4) is 0 Å². The number of aromatic nitrogens is 2. The Labute approximate surface area is 158 Å². The highest BCUT2D eigenvalue weighted by atomic mass is 32.1. The minimum atomic E-state index is -0.678. The Balaban J connectivity index is 1.67. The first kappa shape index (κ1) is 18.7. The number of nitrogens with zero attached hydrogens (tertiary/aromatic N) is 3. The van der Waals surface area contributed by atoms with Crippen molar-refractivity contribution in [2.24, 2.45) is 0 Å². The number of hydrogen-bond donors (Lipinski definition) is 0. The van der Waals surface area contributed by atoms with E-state index in [0.29, 0.717) is 4.88 Å². The third-order valence-corrected chi connectivity index (χ3v) is 5.58. The molecule has 2 heterocycles. The highest BCUT2D eigenvalue weighted by Crippen LogP contribution is 2.30. The van der Waals surface area contributed by atoms with E-state index in [1.54, 1.807) is 0 Å². The number of esters is 1. The predicted octanol–water partition coefficient (Wildman–Crippen LogP) is 3.36. The van der Waals surface area contributed by atoms with Crippen molar-refractivity contribution in [3.63, 3.8) is 0 Å². The number of hydrogen-bond acceptors (Lipinski definition) is 7.